The van der Waals surface area contributed by atoms with Crippen molar-refractivity contribution in [3.8, 4) is 0 Å². The van der Waals surface area contributed by atoms with E-state index in [2.05, 4.69) is 5.32 Å². The van der Waals surface area contributed by atoms with Crippen LogP contribution in [0.15, 0.2) is 33.5 Å². The Morgan fingerprint density at radius 3 is 2.68 bits per heavy atom. The highest BCUT2D eigenvalue weighted by Crippen LogP contribution is 2.21. The maximum atomic E-state index is 11.3. The molecule has 19 heavy (non-hydrogen) atoms. The van der Waals surface area contributed by atoms with E-state index < -0.39 is 11.6 Å². The van der Waals surface area contributed by atoms with Gasteiger partial charge in [0.05, 0.1) is 9.99 Å². The van der Waals surface area contributed by atoms with Gasteiger partial charge in [0.1, 0.15) is 5.58 Å². The quantitative estimate of drug-likeness (QED) is 0.487. The van der Waals surface area contributed by atoms with Crippen molar-refractivity contribution >= 4 is 51.1 Å². The summed E-state index contributed by atoms with van der Waals surface area (Å²) in [5, 5.41) is 11.9. The molecule has 0 aliphatic rings. The first kappa shape index (κ1) is 13.5. The van der Waals surface area contributed by atoms with Crippen molar-refractivity contribution in [3.63, 3.8) is 0 Å². The van der Waals surface area contributed by atoms with Crippen molar-refractivity contribution in [1.29, 1.82) is 0 Å². The SMILES string of the molecule is O=C(CI)Nc1ccc2oc(=O)cc(C(=O)O)c2c1. The zero-order chi connectivity index (χ0) is 14.0. The normalized spacial score (nSPS) is 10.4. The Hall–Kier alpha value is -1.90. The van der Waals surface area contributed by atoms with Crippen LogP contribution in [0.3, 0.4) is 0 Å². The van der Waals surface area contributed by atoms with Crippen LogP contribution < -0.4 is 10.9 Å². The summed E-state index contributed by atoms with van der Waals surface area (Å²) >= 11 is 1.91. The molecule has 1 aromatic heterocycles. The molecule has 1 aromatic carbocycles. The molecule has 0 unspecified atom stereocenters. The molecule has 0 atom stereocenters. The first-order chi connectivity index (χ1) is 9.01. The average molecular weight is 373 g/mol. The third-order valence-corrected chi connectivity index (χ3v) is 3.07. The topological polar surface area (TPSA) is 96.6 Å². The third kappa shape index (κ3) is 2.92. The van der Waals surface area contributed by atoms with Gasteiger partial charge in [0.25, 0.3) is 0 Å². The minimum absolute atomic E-state index is 0.156. The van der Waals surface area contributed by atoms with Crippen molar-refractivity contribution < 1.29 is 19.1 Å². The van der Waals surface area contributed by atoms with Gasteiger partial charge in [-0.05, 0) is 18.2 Å². The lowest BCUT2D eigenvalue weighted by Crippen LogP contribution is -2.12. The molecule has 6 nitrogen and oxygen atoms in total. The summed E-state index contributed by atoms with van der Waals surface area (Å²) in [6, 6.07) is 5.37. The first-order valence-corrected chi connectivity index (χ1v) is 6.71. The van der Waals surface area contributed by atoms with E-state index in [0.29, 0.717) is 5.69 Å². The minimum Gasteiger partial charge on any atom is -0.478 e. The summed E-state index contributed by atoms with van der Waals surface area (Å²) in [5.74, 6) is -1.43. The van der Waals surface area contributed by atoms with Crippen LogP contribution in [0, 0.1) is 0 Å². The Bertz CT molecular complexity index is 722. The zero-order valence-electron chi connectivity index (χ0n) is 9.47. The van der Waals surface area contributed by atoms with E-state index in [1.165, 1.54) is 12.1 Å². The number of carbonyl (C=O) groups excluding carboxylic acids is 1. The molecule has 1 heterocycles. The van der Waals surface area contributed by atoms with E-state index in [9.17, 15) is 14.4 Å². The molecule has 0 aliphatic carbocycles. The van der Waals surface area contributed by atoms with Crippen LogP contribution in [-0.4, -0.2) is 21.4 Å². The predicted molar refractivity (Wildman–Crippen MR) is 77.0 cm³/mol. The molecule has 7 heteroatoms. The number of hydrogen-bond donors (Lipinski definition) is 2. The molecule has 98 valence electrons. The summed E-state index contributed by atoms with van der Waals surface area (Å²) < 4.78 is 5.19. The van der Waals surface area contributed by atoms with Gasteiger partial charge in [-0.15, -0.1) is 0 Å². The summed E-state index contributed by atoms with van der Waals surface area (Å²) in [5.41, 5.74) is -0.270. The molecule has 0 saturated carbocycles. The molecule has 2 rings (SSSR count). The molecule has 1 amide bonds. The molecule has 2 N–H and O–H groups in total. The molecule has 0 saturated heterocycles. The number of carboxylic acids is 1. The highest BCUT2D eigenvalue weighted by molar-refractivity contribution is 14.1. The Labute approximate surface area is 120 Å². The number of carboxylic acid groups (broad SMARTS) is 1. The Morgan fingerprint density at radius 1 is 1.32 bits per heavy atom. The average Bonchev–Trinajstić information content (AvgIpc) is 2.37. The number of nitrogens with one attached hydrogen (secondary N) is 1. The lowest BCUT2D eigenvalue weighted by atomic mass is 10.1. The van der Waals surface area contributed by atoms with Gasteiger partial charge in [0.2, 0.25) is 5.91 Å². The fraction of sp³-hybridized carbons (Fsp3) is 0.0833. The third-order valence-electron chi connectivity index (χ3n) is 2.38. The Kier molecular flexibility index (Phi) is 3.84. The summed E-state index contributed by atoms with van der Waals surface area (Å²) in [4.78, 5) is 33.6. The number of aromatic carboxylic acids is 1. The van der Waals surface area contributed by atoms with Crippen LogP contribution in [0.5, 0.6) is 0 Å². The number of amides is 1. The Balaban J connectivity index is 2.60. The standard InChI is InChI=1S/C12H8INO5/c13-5-10(15)14-6-1-2-9-7(3-6)8(12(17)18)4-11(16)19-9/h1-4H,5H2,(H,14,15)(H,17,18). The first-order valence-electron chi connectivity index (χ1n) is 5.18. The van der Waals surface area contributed by atoms with Crippen LogP contribution in [-0.2, 0) is 4.79 Å². The maximum Gasteiger partial charge on any atom is 0.337 e. The molecule has 0 spiro atoms. The largest absolute Gasteiger partial charge is 0.478 e. The molecule has 2 aromatic rings. The second-order valence-electron chi connectivity index (χ2n) is 3.68. The monoisotopic (exact) mass is 373 g/mol. The van der Waals surface area contributed by atoms with E-state index in [-0.39, 0.29) is 26.9 Å². The van der Waals surface area contributed by atoms with Crippen molar-refractivity contribution in [2.24, 2.45) is 0 Å². The highest BCUT2D eigenvalue weighted by Gasteiger charge is 2.12. The van der Waals surface area contributed by atoms with E-state index in [1.807, 2.05) is 22.6 Å². The van der Waals surface area contributed by atoms with Crippen molar-refractivity contribution in [3.05, 3.63) is 40.2 Å². The number of halogens is 1. The Morgan fingerprint density at radius 2 is 2.05 bits per heavy atom. The van der Waals surface area contributed by atoms with E-state index in [1.54, 1.807) is 6.07 Å². The van der Waals surface area contributed by atoms with Crippen LogP contribution in [0.4, 0.5) is 5.69 Å². The number of hydrogen-bond acceptors (Lipinski definition) is 4. The fourth-order valence-corrected chi connectivity index (χ4v) is 1.80. The number of fused-ring (bicyclic) bond motifs is 1. The van der Waals surface area contributed by atoms with Crippen LogP contribution in [0.1, 0.15) is 10.4 Å². The highest BCUT2D eigenvalue weighted by atomic mass is 127. The van der Waals surface area contributed by atoms with Crippen molar-refractivity contribution in [1.82, 2.24) is 0 Å². The number of rotatable bonds is 3. The summed E-state index contributed by atoms with van der Waals surface area (Å²) in [7, 11) is 0. The van der Waals surface area contributed by atoms with E-state index in [0.717, 1.165) is 6.07 Å². The van der Waals surface area contributed by atoms with Gasteiger partial charge < -0.3 is 14.8 Å². The van der Waals surface area contributed by atoms with Gasteiger partial charge in [-0.3, -0.25) is 4.79 Å². The predicted octanol–water partition coefficient (Wildman–Crippen LogP) is 1.86. The van der Waals surface area contributed by atoms with E-state index >= 15 is 0 Å². The lowest BCUT2D eigenvalue weighted by Gasteiger charge is -2.06. The molecule has 0 fully saturated rings. The summed E-state index contributed by atoms with van der Waals surface area (Å²) in [6.07, 6.45) is 0. The zero-order valence-corrected chi connectivity index (χ0v) is 11.6. The second-order valence-corrected chi connectivity index (χ2v) is 4.44. The number of anilines is 1. The van der Waals surface area contributed by atoms with Crippen molar-refractivity contribution in [2.75, 3.05) is 9.74 Å². The number of alkyl halides is 1. The molecular weight excluding hydrogens is 365 g/mol. The van der Waals surface area contributed by atoms with Gasteiger partial charge in [0, 0.05) is 17.1 Å². The lowest BCUT2D eigenvalue weighted by molar-refractivity contribution is -0.113. The second kappa shape index (κ2) is 5.39. The number of benzene rings is 1. The van der Waals surface area contributed by atoms with Crippen LogP contribution in [0.25, 0.3) is 11.0 Å². The van der Waals surface area contributed by atoms with Gasteiger partial charge in [-0.1, -0.05) is 22.6 Å². The van der Waals surface area contributed by atoms with Gasteiger partial charge in [0.15, 0.2) is 0 Å². The van der Waals surface area contributed by atoms with Gasteiger partial charge >= 0.3 is 11.6 Å². The summed E-state index contributed by atoms with van der Waals surface area (Å²) in [6.45, 7) is 0. The molecular formula is C12H8INO5. The van der Waals surface area contributed by atoms with E-state index in [4.69, 9.17) is 9.52 Å². The maximum absolute atomic E-state index is 11.3. The fourth-order valence-electron chi connectivity index (χ4n) is 1.61. The number of carbonyl (C=O) groups is 2. The minimum atomic E-state index is -1.23. The molecule has 0 radical (unpaired) electrons. The van der Waals surface area contributed by atoms with Crippen LogP contribution in [0.2, 0.25) is 0 Å². The van der Waals surface area contributed by atoms with Gasteiger partial charge in [-0.2, -0.15) is 0 Å². The van der Waals surface area contributed by atoms with Gasteiger partial charge in [-0.25, -0.2) is 9.59 Å². The molecule has 0 bridgehead atoms. The van der Waals surface area contributed by atoms with Crippen molar-refractivity contribution in [2.45, 2.75) is 0 Å². The van der Waals surface area contributed by atoms with Crippen LogP contribution >= 0.6 is 22.6 Å². The smallest absolute Gasteiger partial charge is 0.337 e. The molecule has 0 aliphatic heterocycles.